The van der Waals surface area contributed by atoms with Crippen LogP contribution in [0.3, 0.4) is 0 Å². The van der Waals surface area contributed by atoms with Gasteiger partial charge in [-0.05, 0) is 127 Å². The Labute approximate surface area is 292 Å². The summed E-state index contributed by atoms with van der Waals surface area (Å²) in [6.45, 7) is 6.91. The summed E-state index contributed by atoms with van der Waals surface area (Å²) in [5.41, 5.74) is 6.55. The summed E-state index contributed by atoms with van der Waals surface area (Å²) in [5, 5.41) is 18.1. The van der Waals surface area contributed by atoms with Crippen LogP contribution in [0.4, 0.5) is 0 Å². The lowest BCUT2D eigenvalue weighted by Gasteiger charge is -2.22. The lowest BCUT2D eigenvalue weighted by Crippen LogP contribution is -2.10. The molecule has 0 aromatic heterocycles. The van der Waals surface area contributed by atoms with Crippen molar-refractivity contribution in [1.29, 1.82) is 0 Å². The minimum absolute atomic E-state index is 0.0668. The summed E-state index contributed by atoms with van der Waals surface area (Å²) in [7, 11) is 0. The summed E-state index contributed by atoms with van der Waals surface area (Å²) in [4.78, 5) is 0. The van der Waals surface area contributed by atoms with Gasteiger partial charge in [0.15, 0.2) is 0 Å². The Morgan fingerprint density at radius 1 is 0.320 bits per heavy atom. The zero-order chi connectivity index (χ0) is 33.6. The van der Waals surface area contributed by atoms with E-state index in [1.807, 2.05) is 0 Å². The van der Waals surface area contributed by atoms with E-state index in [0.29, 0.717) is 0 Å². The molecule has 0 unspecified atom stereocenters. The van der Waals surface area contributed by atoms with E-state index in [1.54, 1.807) is 0 Å². The summed E-state index contributed by atoms with van der Waals surface area (Å²) in [6, 6.07) is 61.4. The predicted octanol–water partition coefficient (Wildman–Crippen LogP) is 14.4. The van der Waals surface area contributed by atoms with Gasteiger partial charge in [-0.25, -0.2) is 0 Å². The average molecular weight is 637 g/mol. The number of fused-ring (bicyclic) bond motifs is 11. The average Bonchev–Trinajstić information content (AvgIpc) is 3.16. The number of hydrogen-bond donors (Lipinski definition) is 0. The van der Waals surface area contributed by atoms with Crippen LogP contribution in [0.15, 0.2) is 164 Å². The van der Waals surface area contributed by atoms with Crippen LogP contribution in [0.2, 0.25) is 0 Å². The van der Waals surface area contributed by atoms with Crippen LogP contribution in [-0.2, 0) is 5.41 Å². The Morgan fingerprint density at radius 2 is 0.820 bits per heavy atom. The van der Waals surface area contributed by atoms with Gasteiger partial charge in [-0.2, -0.15) is 0 Å². The van der Waals surface area contributed by atoms with Gasteiger partial charge in [-0.1, -0.05) is 166 Å². The second-order valence-electron chi connectivity index (χ2n) is 14.9. The third kappa shape index (κ3) is 4.25. The maximum atomic E-state index is 2.50. The highest BCUT2D eigenvalue weighted by molar-refractivity contribution is 6.34. The van der Waals surface area contributed by atoms with Crippen molar-refractivity contribution in [3.05, 3.63) is 169 Å². The van der Waals surface area contributed by atoms with Crippen LogP contribution >= 0.6 is 0 Å². The molecule has 0 N–H and O–H groups in total. The third-order valence-electron chi connectivity index (χ3n) is 10.9. The van der Waals surface area contributed by atoms with Crippen molar-refractivity contribution in [1.82, 2.24) is 0 Å². The molecule has 236 valence electrons. The Balaban J connectivity index is 1.37. The Hall–Kier alpha value is -5.98. The molecule has 10 rings (SSSR count). The second-order valence-corrected chi connectivity index (χ2v) is 14.9. The maximum absolute atomic E-state index is 2.50. The topological polar surface area (TPSA) is 0 Å². The summed E-state index contributed by atoms with van der Waals surface area (Å²) in [6.07, 6.45) is 0. The van der Waals surface area contributed by atoms with Crippen LogP contribution in [-0.4, -0.2) is 0 Å². The Morgan fingerprint density at radius 3 is 1.46 bits per heavy atom. The van der Waals surface area contributed by atoms with Crippen LogP contribution in [0.25, 0.3) is 97.7 Å². The first kappa shape index (κ1) is 29.0. The molecule has 0 spiro atoms. The van der Waals surface area contributed by atoms with Gasteiger partial charge in [0, 0.05) is 0 Å². The van der Waals surface area contributed by atoms with Crippen molar-refractivity contribution in [3.63, 3.8) is 0 Å². The fourth-order valence-electron chi connectivity index (χ4n) is 8.56. The summed E-state index contributed by atoms with van der Waals surface area (Å²) >= 11 is 0. The molecule has 0 nitrogen and oxygen atoms in total. The largest absolute Gasteiger partial charge is 0.0616 e. The lowest BCUT2D eigenvalue weighted by atomic mass is 9.81. The Bertz CT molecular complexity index is 2950. The monoisotopic (exact) mass is 636 g/mol. The summed E-state index contributed by atoms with van der Waals surface area (Å²) < 4.78 is 0. The van der Waals surface area contributed by atoms with Crippen molar-refractivity contribution in [3.8, 4) is 22.3 Å². The van der Waals surface area contributed by atoms with E-state index in [4.69, 9.17) is 0 Å². The Kier molecular flexibility index (Phi) is 6.24. The minimum atomic E-state index is 0.0668. The first-order valence-electron chi connectivity index (χ1n) is 17.7. The van der Waals surface area contributed by atoms with E-state index in [2.05, 4.69) is 185 Å². The van der Waals surface area contributed by atoms with Gasteiger partial charge < -0.3 is 0 Å². The first-order valence-corrected chi connectivity index (χ1v) is 17.7. The second kappa shape index (κ2) is 10.8. The standard InChI is InChI=1S/C50H36/c1-50(2,3)34-26-27-43-44(29-34)35-16-6-7-17-36(35)45-30-46(37-18-8-9-19-38(37)48(43)45)49-41-22-12-10-20-39(41)47(40-21-11-13-23-42(40)49)33-25-24-31-14-4-5-15-32(31)28-33/h4-30H,1-3H3. The van der Waals surface area contributed by atoms with Crippen molar-refractivity contribution >= 4 is 75.4 Å². The highest BCUT2D eigenvalue weighted by Gasteiger charge is 2.22. The molecular weight excluding hydrogens is 601 g/mol. The number of hydrogen-bond acceptors (Lipinski definition) is 0. The van der Waals surface area contributed by atoms with Gasteiger partial charge in [-0.3, -0.25) is 0 Å². The molecule has 0 atom stereocenters. The van der Waals surface area contributed by atoms with E-state index >= 15 is 0 Å². The van der Waals surface area contributed by atoms with E-state index in [1.165, 1.54) is 103 Å². The molecule has 0 aliphatic carbocycles. The van der Waals surface area contributed by atoms with Crippen LogP contribution in [0, 0.1) is 0 Å². The van der Waals surface area contributed by atoms with Gasteiger partial charge in [0.1, 0.15) is 0 Å². The van der Waals surface area contributed by atoms with E-state index in [-0.39, 0.29) is 5.41 Å². The van der Waals surface area contributed by atoms with E-state index in [9.17, 15) is 0 Å². The summed E-state index contributed by atoms with van der Waals surface area (Å²) in [5.74, 6) is 0. The maximum Gasteiger partial charge on any atom is -0.00199 e. The molecule has 0 heteroatoms. The fourth-order valence-corrected chi connectivity index (χ4v) is 8.56. The lowest BCUT2D eigenvalue weighted by molar-refractivity contribution is 0.591. The van der Waals surface area contributed by atoms with Crippen LogP contribution in [0.1, 0.15) is 26.3 Å². The quantitative estimate of drug-likeness (QED) is 0.131. The molecule has 0 saturated carbocycles. The molecule has 10 aromatic carbocycles. The predicted molar refractivity (Wildman–Crippen MR) is 219 cm³/mol. The molecule has 10 aromatic rings. The van der Waals surface area contributed by atoms with Crippen molar-refractivity contribution < 1.29 is 0 Å². The van der Waals surface area contributed by atoms with Gasteiger partial charge >= 0.3 is 0 Å². The zero-order valence-corrected chi connectivity index (χ0v) is 28.6. The SMILES string of the molecule is CC(C)(C)c1ccc2c(c1)c1ccccc1c1cc(-c3c4ccccc4c(-c4ccc5ccccc5c4)c4ccccc34)c3ccccc3c21. The zero-order valence-electron chi connectivity index (χ0n) is 28.6. The minimum Gasteiger partial charge on any atom is -0.0616 e. The molecule has 0 radical (unpaired) electrons. The molecule has 0 saturated heterocycles. The molecule has 50 heavy (non-hydrogen) atoms. The fraction of sp³-hybridized carbons (Fsp3) is 0.0800. The first-order chi connectivity index (χ1) is 24.5. The molecule has 0 amide bonds. The van der Waals surface area contributed by atoms with Gasteiger partial charge in [0.05, 0.1) is 0 Å². The molecule has 0 fully saturated rings. The van der Waals surface area contributed by atoms with Crippen molar-refractivity contribution in [2.45, 2.75) is 26.2 Å². The molecule has 0 aliphatic heterocycles. The normalized spacial score (nSPS) is 12.3. The highest BCUT2D eigenvalue weighted by atomic mass is 14.2. The van der Waals surface area contributed by atoms with Crippen molar-refractivity contribution in [2.24, 2.45) is 0 Å². The highest BCUT2D eigenvalue weighted by Crippen LogP contribution is 2.49. The molecule has 0 bridgehead atoms. The van der Waals surface area contributed by atoms with Gasteiger partial charge in [0.25, 0.3) is 0 Å². The molecular formula is C50H36. The van der Waals surface area contributed by atoms with E-state index < -0.39 is 0 Å². The molecule has 0 heterocycles. The van der Waals surface area contributed by atoms with Crippen molar-refractivity contribution in [2.75, 3.05) is 0 Å². The third-order valence-corrected chi connectivity index (χ3v) is 10.9. The smallest absolute Gasteiger partial charge is 0.00199 e. The van der Waals surface area contributed by atoms with E-state index in [0.717, 1.165) is 0 Å². The van der Waals surface area contributed by atoms with Gasteiger partial charge in [-0.15, -0.1) is 0 Å². The number of rotatable bonds is 2. The molecule has 0 aliphatic rings. The van der Waals surface area contributed by atoms with Gasteiger partial charge in [0.2, 0.25) is 0 Å². The number of benzene rings is 10. The van der Waals surface area contributed by atoms with Crippen LogP contribution in [0.5, 0.6) is 0 Å². The van der Waals surface area contributed by atoms with Crippen LogP contribution < -0.4 is 0 Å².